The zero-order valence-electron chi connectivity index (χ0n) is 15.3. The molecule has 2 amide bonds. The number of hydrogen-bond donors (Lipinski definition) is 1. The van der Waals surface area contributed by atoms with E-state index in [1.807, 2.05) is 20.8 Å². The summed E-state index contributed by atoms with van der Waals surface area (Å²) in [5.41, 5.74) is 1.21. The van der Waals surface area contributed by atoms with Crippen LogP contribution in [-0.2, 0) is 11.2 Å². The van der Waals surface area contributed by atoms with Crippen molar-refractivity contribution in [2.75, 3.05) is 31.6 Å². The Morgan fingerprint density at radius 1 is 1.32 bits per heavy atom. The first-order valence-corrected chi connectivity index (χ1v) is 8.74. The predicted molar refractivity (Wildman–Crippen MR) is 94.9 cm³/mol. The van der Waals surface area contributed by atoms with Crippen molar-refractivity contribution < 1.29 is 14.3 Å². The van der Waals surface area contributed by atoms with Crippen molar-refractivity contribution >= 4 is 17.8 Å². The van der Waals surface area contributed by atoms with Crippen molar-refractivity contribution in [1.29, 1.82) is 0 Å². The number of carbonyl (C=O) groups is 2. The summed E-state index contributed by atoms with van der Waals surface area (Å²) in [6, 6.07) is 1.98. The highest BCUT2D eigenvalue weighted by molar-refractivity contribution is 5.96. The average Bonchev–Trinajstić information content (AvgIpc) is 2.58. The maximum atomic E-state index is 12.3. The van der Waals surface area contributed by atoms with Crippen molar-refractivity contribution in [3.63, 3.8) is 0 Å². The zero-order valence-corrected chi connectivity index (χ0v) is 15.3. The summed E-state index contributed by atoms with van der Waals surface area (Å²) >= 11 is 0. The molecule has 2 aliphatic heterocycles. The van der Waals surface area contributed by atoms with Crippen molar-refractivity contribution in [2.45, 2.75) is 45.3 Å². The molecule has 0 aliphatic carbocycles. The lowest BCUT2D eigenvalue weighted by atomic mass is 9.93. The Kier molecular flexibility index (Phi) is 4.58. The summed E-state index contributed by atoms with van der Waals surface area (Å²) in [5.74, 6) is 0.797. The highest BCUT2D eigenvalue weighted by Gasteiger charge is 2.36. The third kappa shape index (κ3) is 3.55. The van der Waals surface area contributed by atoms with Crippen LogP contribution < -0.4 is 10.2 Å². The van der Waals surface area contributed by atoms with E-state index in [-0.39, 0.29) is 18.0 Å². The summed E-state index contributed by atoms with van der Waals surface area (Å²) in [4.78, 5) is 33.0. The molecule has 1 atom stereocenters. The van der Waals surface area contributed by atoms with Gasteiger partial charge in [-0.2, -0.15) is 0 Å². The van der Waals surface area contributed by atoms with Gasteiger partial charge >= 0.3 is 6.09 Å². The maximum Gasteiger partial charge on any atom is 0.410 e. The molecule has 3 heterocycles. The molecule has 0 spiro atoms. The van der Waals surface area contributed by atoms with Crippen molar-refractivity contribution in [2.24, 2.45) is 0 Å². The molecule has 1 aromatic rings. The molecule has 1 saturated heterocycles. The van der Waals surface area contributed by atoms with E-state index >= 15 is 0 Å². The predicted octanol–water partition coefficient (Wildman–Crippen LogP) is 1.81. The van der Waals surface area contributed by atoms with Gasteiger partial charge in [-0.1, -0.05) is 0 Å². The Bertz CT molecular complexity index is 683. The zero-order chi connectivity index (χ0) is 18.2. The van der Waals surface area contributed by atoms with Crippen LogP contribution in [0.25, 0.3) is 0 Å². The molecule has 1 fully saturated rings. The highest BCUT2D eigenvalue weighted by atomic mass is 16.6. The van der Waals surface area contributed by atoms with Gasteiger partial charge in [0.25, 0.3) is 5.91 Å². The summed E-state index contributed by atoms with van der Waals surface area (Å²) in [7, 11) is 1.64. The van der Waals surface area contributed by atoms with E-state index in [4.69, 9.17) is 4.74 Å². The number of ether oxygens (including phenoxy) is 1. The van der Waals surface area contributed by atoms with E-state index in [1.165, 1.54) is 0 Å². The van der Waals surface area contributed by atoms with Gasteiger partial charge in [-0.25, -0.2) is 9.78 Å². The van der Waals surface area contributed by atoms with Crippen LogP contribution in [0.1, 0.15) is 43.1 Å². The average molecular weight is 346 g/mol. The van der Waals surface area contributed by atoms with Gasteiger partial charge < -0.3 is 19.9 Å². The van der Waals surface area contributed by atoms with Gasteiger partial charge in [-0.15, -0.1) is 0 Å². The Labute approximate surface area is 148 Å². The molecular weight excluding hydrogens is 320 g/mol. The number of carbonyl (C=O) groups excluding carboxylic acids is 2. The number of amides is 2. The number of nitrogens with one attached hydrogen (secondary N) is 1. The number of piperazine rings is 1. The second kappa shape index (κ2) is 6.54. The topological polar surface area (TPSA) is 74.8 Å². The van der Waals surface area contributed by atoms with E-state index in [0.29, 0.717) is 25.2 Å². The van der Waals surface area contributed by atoms with Gasteiger partial charge in [0.1, 0.15) is 11.4 Å². The van der Waals surface area contributed by atoms with E-state index in [2.05, 4.69) is 15.2 Å². The Balaban J connectivity index is 1.77. The van der Waals surface area contributed by atoms with Crippen LogP contribution in [0, 0.1) is 0 Å². The molecule has 1 N–H and O–H groups in total. The monoisotopic (exact) mass is 346 g/mol. The van der Waals surface area contributed by atoms with Gasteiger partial charge in [-0.05, 0) is 39.7 Å². The SMILES string of the molecule is CNC(=O)c1ccnc2c1CCC1CN(C(=O)OC(C)(C)C)CCN21. The molecule has 7 heteroatoms. The number of nitrogens with zero attached hydrogens (tertiary/aromatic N) is 3. The summed E-state index contributed by atoms with van der Waals surface area (Å²) < 4.78 is 5.49. The number of pyridine rings is 1. The number of hydrogen-bond acceptors (Lipinski definition) is 5. The summed E-state index contributed by atoms with van der Waals surface area (Å²) in [6.07, 6.45) is 3.11. The molecule has 0 aromatic carbocycles. The standard InChI is InChI=1S/C18H26N4O3/c1-18(2,3)25-17(24)21-9-10-22-12(11-21)5-6-13-14(16(23)19-4)7-8-20-15(13)22/h7-8,12H,5-6,9-11H2,1-4H3,(H,19,23). The normalized spacial score (nSPS) is 19.8. The van der Waals surface area contributed by atoms with Gasteiger partial charge in [0.15, 0.2) is 0 Å². The van der Waals surface area contributed by atoms with Crippen LogP contribution in [0.3, 0.4) is 0 Å². The molecular formula is C18H26N4O3. The smallest absolute Gasteiger partial charge is 0.410 e. The first-order valence-electron chi connectivity index (χ1n) is 8.74. The molecule has 0 bridgehead atoms. The van der Waals surface area contributed by atoms with E-state index in [0.717, 1.165) is 24.2 Å². The van der Waals surface area contributed by atoms with Crippen LogP contribution >= 0.6 is 0 Å². The largest absolute Gasteiger partial charge is 0.444 e. The lowest BCUT2D eigenvalue weighted by Gasteiger charge is -2.45. The number of fused-ring (bicyclic) bond motifs is 3. The minimum Gasteiger partial charge on any atom is -0.444 e. The molecule has 1 aromatic heterocycles. The highest BCUT2D eigenvalue weighted by Crippen LogP contribution is 2.33. The number of aromatic nitrogens is 1. The second-order valence-corrected chi connectivity index (χ2v) is 7.55. The second-order valence-electron chi connectivity index (χ2n) is 7.55. The Morgan fingerprint density at radius 3 is 2.76 bits per heavy atom. The molecule has 136 valence electrons. The molecule has 2 aliphatic rings. The quantitative estimate of drug-likeness (QED) is 0.839. The van der Waals surface area contributed by atoms with E-state index < -0.39 is 5.60 Å². The molecule has 3 rings (SSSR count). The van der Waals surface area contributed by atoms with E-state index in [9.17, 15) is 9.59 Å². The van der Waals surface area contributed by atoms with Crippen molar-refractivity contribution in [1.82, 2.24) is 15.2 Å². The fourth-order valence-electron chi connectivity index (χ4n) is 3.51. The fraction of sp³-hybridized carbons (Fsp3) is 0.611. The summed E-state index contributed by atoms with van der Waals surface area (Å²) in [6.45, 7) is 7.55. The third-order valence-corrected chi connectivity index (χ3v) is 4.64. The first-order chi connectivity index (χ1) is 11.8. The van der Waals surface area contributed by atoms with Gasteiger partial charge in [0.05, 0.1) is 0 Å². The molecule has 0 saturated carbocycles. The van der Waals surface area contributed by atoms with Crippen LogP contribution in [-0.4, -0.2) is 60.2 Å². The van der Waals surface area contributed by atoms with Crippen LogP contribution in [0.4, 0.5) is 10.6 Å². The maximum absolute atomic E-state index is 12.3. The molecule has 0 radical (unpaired) electrons. The summed E-state index contributed by atoms with van der Waals surface area (Å²) in [5, 5.41) is 2.69. The first kappa shape index (κ1) is 17.5. The fourth-order valence-corrected chi connectivity index (χ4v) is 3.51. The Hall–Kier alpha value is -2.31. The van der Waals surface area contributed by atoms with Crippen molar-refractivity contribution in [3.05, 3.63) is 23.4 Å². The minimum atomic E-state index is -0.489. The van der Waals surface area contributed by atoms with Crippen LogP contribution in [0.15, 0.2) is 12.3 Å². The van der Waals surface area contributed by atoms with Gasteiger partial charge in [0, 0.05) is 50.0 Å². The molecule has 1 unspecified atom stereocenters. The van der Waals surface area contributed by atoms with Crippen LogP contribution in [0.5, 0.6) is 0 Å². The van der Waals surface area contributed by atoms with Gasteiger partial charge in [-0.3, -0.25) is 4.79 Å². The van der Waals surface area contributed by atoms with Gasteiger partial charge in [0.2, 0.25) is 0 Å². The van der Waals surface area contributed by atoms with E-state index in [1.54, 1.807) is 24.2 Å². The van der Waals surface area contributed by atoms with Crippen molar-refractivity contribution in [3.8, 4) is 0 Å². The number of rotatable bonds is 1. The minimum absolute atomic E-state index is 0.0792. The molecule has 25 heavy (non-hydrogen) atoms. The molecule has 7 nitrogen and oxygen atoms in total. The lowest BCUT2D eigenvalue weighted by molar-refractivity contribution is 0.0210. The third-order valence-electron chi connectivity index (χ3n) is 4.64. The Morgan fingerprint density at radius 2 is 2.08 bits per heavy atom. The van der Waals surface area contributed by atoms with Crippen LogP contribution in [0.2, 0.25) is 0 Å². The lowest BCUT2D eigenvalue weighted by Crippen LogP contribution is -2.57. The number of anilines is 1.